The summed E-state index contributed by atoms with van der Waals surface area (Å²) in [6, 6.07) is 6.17. The molecule has 1 aliphatic carbocycles. The van der Waals surface area contributed by atoms with Crippen LogP contribution in [0.2, 0.25) is 0 Å². The topological polar surface area (TPSA) is 59.8 Å². The Labute approximate surface area is 142 Å². The third-order valence-electron chi connectivity index (χ3n) is 4.12. The number of hydrogen-bond donors (Lipinski definition) is 1. The van der Waals surface area contributed by atoms with Crippen molar-refractivity contribution in [2.24, 2.45) is 0 Å². The van der Waals surface area contributed by atoms with Gasteiger partial charge in [0.2, 0.25) is 0 Å². The largest absolute Gasteiger partial charge is 0.296 e. The standard InChI is InChI=1S/C17H15FN4OS/c18-11-5-7-12(8-6-11)22-14-4-2-1-3-13(14)15(21-22)16(23)20-17-19-9-10-24-17/h5-10H,1-4H2,(H,19,20,23). The number of amides is 1. The molecular formula is C17H15FN4OS. The summed E-state index contributed by atoms with van der Waals surface area (Å²) in [7, 11) is 0. The maximum absolute atomic E-state index is 13.2. The third kappa shape index (κ3) is 2.71. The number of rotatable bonds is 3. The van der Waals surface area contributed by atoms with Crippen LogP contribution in [0.5, 0.6) is 0 Å². The Morgan fingerprint density at radius 3 is 2.75 bits per heavy atom. The molecule has 1 aliphatic rings. The van der Waals surface area contributed by atoms with Crippen LogP contribution in [0.1, 0.15) is 34.6 Å². The van der Waals surface area contributed by atoms with Crippen LogP contribution < -0.4 is 5.32 Å². The van der Waals surface area contributed by atoms with E-state index < -0.39 is 0 Å². The smallest absolute Gasteiger partial charge is 0.278 e. The first kappa shape index (κ1) is 15.0. The first-order chi connectivity index (χ1) is 11.7. The minimum absolute atomic E-state index is 0.246. The lowest BCUT2D eigenvalue weighted by molar-refractivity contribution is 0.102. The van der Waals surface area contributed by atoms with Gasteiger partial charge in [0, 0.05) is 22.8 Å². The predicted molar refractivity (Wildman–Crippen MR) is 90.2 cm³/mol. The zero-order valence-electron chi connectivity index (χ0n) is 12.8. The van der Waals surface area contributed by atoms with Crippen molar-refractivity contribution in [2.75, 3.05) is 5.32 Å². The molecule has 3 aromatic rings. The van der Waals surface area contributed by atoms with Crippen LogP contribution in [0.4, 0.5) is 9.52 Å². The lowest BCUT2D eigenvalue weighted by atomic mass is 9.95. The van der Waals surface area contributed by atoms with E-state index in [1.54, 1.807) is 23.0 Å². The van der Waals surface area contributed by atoms with Gasteiger partial charge in [0.05, 0.1) is 5.69 Å². The molecule has 2 aromatic heterocycles. The van der Waals surface area contributed by atoms with Crippen molar-refractivity contribution in [3.8, 4) is 5.69 Å². The molecule has 24 heavy (non-hydrogen) atoms. The fourth-order valence-electron chi connectivity index (χ4n) is 3.02. The van der Waals surface area contributed by atoms with Gasteiger partial charge in [-0.1, -0.05) is 0 Å². The second-order valence-electron chi connectivity index (χ2n) is 5.66. The average molecular weight is 342 g/mol. The van der Waals surface area contributed by atoms with Crippen LogP contribution in [-0.2, 0) is 12.8 Å². The van der Waals surface area contributed by atoms with Crippen LogP contribution >= 0.6 is 11.3 Å². The summed E-state index contributed by atoms with van der Waals surface area (Å²) >= 11 is 1.37. The normalized spacial score (nSPS) is 13.5. The minimum atomic E-state index is -0.290. The van der Waals surface area contributed by atoms with E-state index in [9.17, 15) is 9.18 Å². The summed E-state index contributed by atoms with van der Waals surface area (Å²) in [5.74, 6) is -0.537. The van der Waals surface area contributed by atoms with Gasteiger partial charge >= 0.3 is 0 Å². The van der Waals surface area contributed by atoms with E-state index in [1.165, 1.54) is 23.5 Å². The number of anilines is 1. The van der Waals surface area contributed by atoms with Gasteiger partial charge < -0.3 is 0 Å². The van der Waals surface area contributed by atoms with Gasteiger partial charge in [0.1, 0.15) is 5.82 Å². The van der Waals surface area contributed by atoms with Crippen molar-refractivity contribution in [3.05, 3.63) is 58.6 Å². The number of benzene rings is 1. The zero-order chi connectivity index (χ0) is 16.5. The summed E-state index contributed by atoms with van der Waals surface area (Å²) in [4.78, 5) is 16.7. The van der Waals surface area contributed by atoms with Crippen molar-refractivity contribution in [3.63, 3.8) is 0 Å². The molecule has 0 saturated heterocycles. The minimum Gasteiger partial charge on any atom is -0.296 e. The van der Waals surface area contributed by atoms with Crippen molar-refractivity contribution >= 4 is 22.4 Å². The monoisotopic (exact) mass is 342 g/mol. The second-order valence-corrected chi connectivity index (χ2v) is 6.56. The van der Waals surface area contributed by atoms with Gasteiger partial charge in [-0.15, -0.1) is 11.3 Å². The quantitative estimate of drug-likeness (QED) is 0.791. The maximum atomic E-state index is 13.2. The molecule has 1 N–H and O–H groups in total. The van der Waals surface area contributed by atoms with Crippen LogP contribution in [-0.4, -0.2) is 20.7 Å². The van der Waals surface area contributed by atoms with Crippen LogP contribution in [0, 0.1) is 5.82 Å². The van der Waals surface area contributed by atoms with E-state index in [0.29, 0.717) is 10.8 Å². The summed E-state index contributed by atoms with van der Waals surface area (Å²) < 4.78 is 15.0. The fourth-order valence-corrected chi connectivity index (χ4v) is 3.54. The molecule has 0 atom stereocenters. The number of thiazole rings is 1. The fraction of sp³-hybridized carbons (Fsp3) is 0.235. The van der Waals surface area contributed by atoms with E-state index in [4.69, 9.17) is 0 Å². The highest BCUT2D eigenvalue weighted by molar-refractivity contribution is 7.13. The predicted octanol–water partition coefficient (Wildman–Crippen LogP) is 3.60. The summed E-state index contributed by atoms with van der Waals surface area (Å²) in [5, 5.41) is 9.69. The Hall–Kier alpha value is -2.54. The van der Waals surface area contributed by atoms with Gasteiger partial charge in [-0.2, -0.15) is 5.10 Å². The third-order valence-corrected chi connectivity index (χ3v) is 4.81. The van der Waals surface area contributed by atoms with E-state index in [-0.39, 0.29) is 11.7 Å². The Morgan fingerprint density at radius 2 is 2.00 bits per heavy atom. The van der Waals surface area contributed by atoms with Gasteiger partial charge in [-0.3, -0.25) is 10.1 Å². The highest BCUT2D eigenvalue weighted by Gasteiger charge is 2.25. The number of nitrogens with zero attached hydrogens (tertiary/aromatic N) is 3. The van der Waals surface area contributed by atoms with Gasteiger partial charge in [-0.05, 0) is 49.9 Å². The van der Waals surface area contributed by atoms with E-state index in [1.807, 2.05) is 5.38 Å². The van der Waals surface area contributed by atoms with Crippen LogP contribution in [0.15, 0.2) is 35.8 Å². The number of nitrogens with one attached hydrogen (secondary N) is 1. The van der Waals surface area contributed by atoms with Crippen molar-refractivity contribution in [1.82, 2.24) is 14.8 Å². The Morgan fingerprint density at radius 1 is 1.21 bits per heavy atom. The lowest BCUT2D eigenvalue weighted by Gasteiger charge is -2.14. The van der Waals surface area contributed by atoms with Crippen molar-refractivity contribution < 1.29 is 9.18 Å². The van der Waals surface area contributed by atoms with Crippen molar-refractivity contribution in [2.45, 2.75) is 25.7 Å². The SMILES string of the molecule is O=C(Nc1nccs1)c1nn(-c2ccc(F)cc2)c2c1CCCC2. The first-order valence-corrected chi connectivity index (χ1v) is 8.68. The Bertz CT molecular complexity index is 871. The molecular weight excluding hydrogens is 327 g/mol. The molecule has 0 bridgehead atoms. The number of hydrogen-bond acceptors (Lipinski definition) is 4. The van der Waals surface area contributed by atoms with Crippen LogP contribution in [0.25, 0.3) is 5.69 Å². The van der Waals surface area contributed by atoms with Gasteiger partial charge in [0.15, 0.2) is 10.8 Å². The van der Waals surface area contributed by atoms with E-state index >= 15 is 0 Å². The number of halogens is 1. The van der Waals surface area contributed by atoms with Gasteiger partial charge in [-0.25, -0.2) is 14.1 Å². The molecule has 4 rings (SSSR count). The Balaban J connectivity index is 1.74. The molecule has 0 unspecified atom stereocenters. The van der Waals surface area contributed by atoms with E-state index in [2.05, 4.69) is 15.4 Å². The molecule has 2 heterocycles. The molecule has 0 radical (unpaired) electrons. The van der Waals surface area contributed by atoms with E-state index in [0.717, 1.165) is 42.6 Å². The Kier molecular flexibility index (Phi) is 3.86. The molecule has 0 aliphatic heterocycles. The number of fused-ring (bicyclic) bond motifs is 1. The highest BCUT2D eigenvalue weighted by Crippen LogP contribution is 2.27. The molecule has 0 fully saturated rings. The summed E-state index contributed by atoms with van der Waals surface area (Å²) in [6.07, 6.45) is 5.45. The molecule has 5 nitrogen and oxygen atoms in total. The number of carbonyl (C=O) groups is 1. The van der Waals surface area contributed by atoms with Crippen LogP contribution in [0.3, 0.4) is 0 Å². The molecule has 1 amide bonds. The number of carbonyl (C=O) groups excluding carboxylic acids is 1. The summed E-state index contributed by atoms with van der Waals surface area (Å²) in [6.45, 7) is 0. The maximum Gasteiger partial charge on any atom is 0.278 e. The van der Waals surface area contributed by atoms with Gasteiger partial charge in [0.25, 0.3) is 5.91 Å². The molecule has 7 heteroatoms. The zero-order valence-corrected chi connectivity index (χ0v) is 13.6. The van der Waals surface area contributed by atoms with Crippen molar-refractivity contribution in [1.29, 1.82) is 0 Å². The molecule has 0 spiro atoms. The summed E-state index contributed by atoms with van der Waals surface area (Å²) in [5.41, 5.74) is 3.23. The second kappa shape index (κ2) is 6.16. The molecule has 1 aromatic carbocycles. The molecule has 0 saturated carbocycles. The first-order valence-electron chi connectivity index (χ1n) is 7.80. The average Bonchev–Trinajstić information content (AvgIpc) is 3.23. The highest BCUT2D eigenvalue weighted by atomic mass is 32.1. The number of aromatic nitrogens is 3. The lowest BCUT2D eigenvalue weighted by Crippen LogP contribution is -2.15. The molecule has 122 valence electrons.